The van der Waals surface area contributed by atoms with Gasteiger partial charge in [0.1, 0.15) is 11.3 Å². The van der Waals surface area contributed by atoms with Gasteiger partial charge in [-0.05, 0) is 43.3 Å². The van der Waals surface area contributed by atoms with Crippen LogP contribution in [0.3, 0.4) is 0 Å². The van der Waals surface area contributed by atoms with Crippen molar-refractivity contribution in [1.29, 1.82) is 5.26 Å². The van der Waals surface area contributed by atoms with Gasteiger partial charge in [0.2, 0.25) is 0 Å². The van der Waals surface area contributed by atoms with Gasteiger partial charge in [0, 0.05) is 5.56 Å². The van der Waals surface area contributed by atoms with Crippen LogP contribution in [-0.2, 0) is 6.54 Å². The Labute approximate surface area is 158 Å². The number of alkyl halides is 3. The first-order valence-corrected chi connectivity index (χ1v) is 8.19. The molecular formula is C19H15F3N4O2. The molecule has 28 heavy (non-hydrogen) atoms. The SMILES string of the molecule is CC(C#N)(Cn1cnc2ccccc21)NC(=O)c1ccc(OC(F)(F)F)cc1. The second-order valence-corrected chi connectivity index (χ2v) is 6.33. The van der Waals surface area contributed by atoms with Gasteiger partial charge in [-0.25, -0.2) is 4.98 Å². The summed E-state index contributed by atoms with van der Waals surface area (Å²) in [5, 5.41) is 12.2. The van der Waals surface area contributed by atoms with Gasteiger partial charge in [-0.2, -0.15) is 5.26 Å². The van der Waals surface area contributed by atoms with Gasteiger partial charge in [-0.3, -0.25) is 4.79 Å². The van der Waals surface area contributed by atoms with Gasteiger partial charge in [0.15, 0.2) is 0 Å². The van der Waals surface area contributed by atoms with Crippen LogP contribution in [0.15, 0.2) is 54.9 Å². The van der Waals surface area contributed by atoms with Crippen molar-refractivity contribution in [2.75, 3.05) is 0 Å². The summed E-state index contributed by atoms with van der Waals surface area (Å²) in [4.78, 5) is 16.7. The third-order valence-electron chi connectivity index (χ3n) is 4.00. The number of imidazole rings is 1. The predicted molar refractivity (Wildman–Crippen MR) is 94.3 cm³/mol. The smallest absolute Gasteiger partial charge is 0.406 e. The summed E-state index contributed by atoms with van der Waals surface area (Å²) in [5.74, 6) is -1.02. The topological polar surface area (TPSA) is 79.9 Å². The average molecular weight is 388 g/mol. The first kappa shape index (κ1) is 19.2. The zero-order valence-corrected chi connectivity index (χ0v) is 14.7. The second-order valence-electron chi connectivity index (χ2n) is 6.33. The van der Waals surface area contributed by atoms with Crippen LogP contribution in [0.25, 0.3) is 11.0 Å². The highest BCUT2D eigenvalue weighted by Gasteiger charge is 2.31. The molecule has 3 rings (SSSR count). The van der Waals surface area contributed by atoms with Crippen LogP contribution in [0.1, 0.15) is 17.3 Å². The van der Waals surface area contributed by atoms with Gasteiger partial charge < -0.3 is 14.6 Å². The molecule has 0 spiro atoms. The number of nitrogens with zero attached hydrogens (tertiary/aromatic N) is 3. The molecular weight excluding hydrogens is 373 g/mol. The molecule has 1 aromatic heterocycles. The molecule has 1 N–H and O–H groups in total. The van der Waals surface area contributed by atoms with E-state index in [0.29, 0.717) is 0 Å². The molecule has 0 bridgehead atoms. The molecule has 9 heteroatoms. The Morgan fingerprint density at radius 1 is 1.21 bits per heavy atom. The number of hydrogen-bond acceptors (Lipinski definition) is 4. The van der Waals surface area contributed by atoms with Gasteiger partial charge in [0.05, 0.1) is 30.0 Å². The van der Waals surface area contributed by atoms with Crippen LogP contribution in [0, 0.1) is 11.3 Å². The Bertz CT molecular complexity index is 1040. The average Bonchev–Trinajstić information content (AvgIpc) is 3.03. The maximum atomic E-state index is 12.5. The first-order valence-electron chi connectivity index (χ1n) is 8.19. The van der Waals surface area contributed by atoms with Crippen molar-refractivity contribution < 1.29 is 22.7 Å². The lowest BCUT2D eigenvalue weighted by atomic mass is 10.0. The zero-order chi connectivity index (χ0) is 20.4. The van der Waals surface area contributed by atoms with E-state index in [9.17, 15) is 23.2 Å². The highest BCUT2D eigenvalue weighted by atomic mass is 19.4. The van der Waals surface area contributed by atoms with Gasteiger partial charge in [0.25, 0.3) is 5.91 Å². The molecule has 144 valence electrons. The van der Waals surface area contributed by atoms with E-state index in [1.165, 1.54) is 12.1 Å². The molecule has 0 aliphatic carbocycles. The van der Waals surface area contributed by atoms with Crippen molar-refractivity contribution >= 4 is 16.9 Å². The zero-order valence-electron chi connectivity index (χ0n) is 14.7. The Morgan fingerprint density at radius 3 is 2.54 bits per heavy atom. The number of benzene rings is 2. The van der Waals surface area contributed by atoms with Crippen LogP contribution < -0.4 is 10.1 Å². The van der Waals surface area contributed by atoms with Gasteiger partial charge in [-0.1, -0.05) is 12.1 Å². The van der Waals surface area contributed by atoms with Crippen LogP contribution >= 0.6 is 0 Å². The summed E-state index contributed by atoms with van der Waals surface area (Å²) in [6.07, 6.45) is -3.23. The number of nitriles is 1. The van der Waals surface area contributed by atoms with E-state index in [1.54, 1.807) is 17.8 Å². The van der Waals surface area contributed by atoms with E-state index < -0.39 is 23.6 Å². The summed E-state index contributed by atoms with van der Waals surface area (Å²) >= 11 is 0. The number of carbonyl (C=O) groups is 1. The van der Waals surface area contributed by atoms with Crippen molar-refractivity contribution in [3.63, 3.8) is 0 Å². The van der Waals surface area contributed by atoms with Crippen molar-refractivity contribution in [3.05, 3.63) is 60.4 Å². The standard InChI is InChI=1S/C19H15F3N4O2/c1-18(10-23,11-26-12-24-15-4-2-3-5-16(15)26)25-17(27)13-6-8-14(9-7-13)28-19(20,21)22/h2-9,12H,11H2,1H3,(H,25,27). The number of nitrogens with one attached hydrogen (secondary N) is 1. The van der Waals surface area contributed by atoms with Crippen LogP contribution in [0.4, 0.5) is 13.2 Å². The number of ether oxygens (including phenoxy) is 1. The lowest BCUT2D eigenvalue weighted by molar-refractivity contribution is -0.274. The summed E-state index contributed by atoms with van der Waals surface area (Å²) in [6, 6.07) is 13.9. The molecule has 0 aliphatic heterocycles. The van der Waals surface area contributed by atoms with Crippen LogP contribution in [0.5, 0.6) is 5.75 Å². The molecule has 0 saturated heterocycles. The molecule has 0 saturated carbocycles. The summed E-state index contributed by atoms with van der Waals surface area (Å²) in [7, 11) is 0. The fourth-order valence-corrected chi connectivity index (χ4v) is 2.71. The van der Waals surface area contributed by atoms with Crippen molar-refractivity contribution in [3.8, 4) is 11.8 Å². The van der Waals surface area contributed by atoms with E-state index in [1.807, 2.05) is 24.3 Å². The molecule has 3 aromatic rings. The molecule has 1 heterocycles. The van der Waals surface area contributed by atoms with Crippen molar-refractivity contribution in [2.45, 2.75) is 25.4 Å². The largest absolute Gasteiger partial charge is 0.573 e. The Kier molecular flexibility index (Phi) is 4.96. The van der Waals surface area contributed by atoms with Crippen molar-refractivity contribution in [1.82, 2.24) is 14.9 Å². The van der Waals surface area contributed by atoms with E-state index in [2.05, 4.69) is 21.1 Å². The molecule has 1 unspecified atom stereocenters. The third kappa shape index (κ3) is 4.40. The quantitative estimate of drug-likeness (QED) is 0.724. The predicted octanol–water partition coefficient (Wildman–Crippen LogP) is 3.65. The van der Waals surface area contributed by atoms with Gasteiger partial charge in [-0.15, -0.1) is 13.2 Å². The number of fused-ring (bicyclic) bond motifs is 1. The highest BCUT2D eigenvalue weighted by molar-refractivity contribution is 5.95. The number of carbonyl (C=O) groups excluding carboxylic acids is 1. The monoisotopic (exact) mass is 388 g/mol. The fourth-order valence-electron chi connectivity index (χ4n) is 2.71. The van der Waals surface area contributed by atoms with E-state index >= 15 is 0 Å². The molecule has 1 amide bonds. The van der Waals surface area contributed by atoms with E-state index in [-0.39, 0.29) is 12.1 Å². The van der Waals surface area contributed by atoms with E-state index in [4.69, 9.17) is 0 Å². The third-order valence-corrected chi connectivity index (χ3v) is 4.00. The number of aromatic nitrogens is 2. The number of amides is 1. The molecule has 0 radical (unpaired) electrons. The highest BCUT2D eigenvalue weighted by Crippen LogP contribution is 2.23. The van der Waals surface area contributed by atoms with Gasteiger partial charge >= 0.3 is 6.36 Å². The molecule has 0 aliphatic rings. The molecule has 6 nitrogen and oxygen atoms in total. The van der Waals surface area contributed by atoms with E-state index in [0.717, 1.165) is 23.2 Å². The minimum atomic E-state index is -4.81. The fraction of sp³-hybridized carbons (Fsp3) is 0.211. The summed E-state index contributed by atoms with van der Waals surface area (Å²) in [5.41, 5.74) is 0.412. The Balaban J connectivity index is 1.74. The molecule has 0 fully saturated rings. The minimum Gasteiger partial charge on any atom is -0.406 e. The minimum absolute atomic E-state index is 0.103. The second kappa shape index (κ2) is 7.23. The number of rotatable bonds is 5. The molecule has 1 atom stereocenters. The maximum absolute atomic E-state index is 12.5. The first-order chi connectivity index (χ1) is 13.2. The van der Waals surface area contributed by atoms with Crippen LogP contribution in [-0.4, -0.2) is 27.4 Å². The van der Waals surface area contributed by atoms with Crippen LogP contribution in [0.2, 0.25) is 0 Å². The number of halogens is 3. The maximum Gasteiger partial charge on any atom is 0.573 e. The molecule has 2 aromatic carbocycles. The normalized spacial score (nSPS) is 13.5. The Hall–Kier alpha value is -3.54. The summed E-state index contributed by atoms with van der Waals surface area (Å²) < 4.78 is 42.2. The number of hydrogen-bond donors (Lipinski definition) is 1. The van der Waals surface area contributed by atoms with Crippen molar-refractivity contribution in [2.24, 2.45) is 0 Å². The summed E-state index contributed by atoms with van der Waals surface area (Å²) in [6.45, 7) is 1.70. The lowest BCUT2D eigenvalue weighted by Crippen LogP contribution is -2.47. The number of para-hydroxylation sites is 2. The Morgan fingerprint density at radius 2 is 1.89 bits per heavy atom. The lowest BCUT2D eigenvalue weighted by Gasteiger charge is -2.24.